The second-order valence-corrected chi connectivity index (χ2v) is 9.14. The highest BCUT2D eigenvalue weighted by Crippen LogP contribution is 2.25. The predicted molar refractivity (Wildman–Crippen MR) is 118 cm³/mol. The highest BCUT2D eigenvalue weighted by Gasteiger charge is 2.20. The second kappa shape index (κ2) is 9.34. The van der Waals surface area contributed by atoms with Gasteiger partial charge in [-0.3, -0.25) is 9.69 Å². The lowest BCUT2D eigenvalue weighted by molar-refractivity contribution is -0.132. The number of carbonyl (C=O) groups is 1. The third kappa shape index (κ3) is 5.42. The van der Waals surface area contributed by atoms with E-state index in [1.165, 1.54) is 5.56 Å². The van der Waals surface area contributed by atoms with Gasteiger partial charge >= 0.3 is 0 Å². The van der Waals surface area contributed by atoms with Gasteiger partial charge in [-0.25, -0.2) is 4.98 Å². The number of amides is 1. The van der Waals surface area contributed by atoms with Gasteiger partial charge in [0, 0.05) is 69.8 Å². The van der Waals surface area contributed by atoms with E-state index in [1.54, 1.807) is 11.3 Å². The molecule has 0 N–H and O–H groups in total. The number of thiazole rings is 1. The summed E-state index contributed by atoms with van der Waals surface area (Å²) in [4.78, 5) is 26.4. The second-order valence-electron chi connectivity index (χ2n) is 8.28. The van der Waals surface area contributed by atoms with E-state index in [0.717, 1.165) is 75.2 Å². The minimum Gasteiger partial charge on any atom is -0.340 e. The van der Waals surface area contributed by atoms with E-state index in [0.29, 0.717) is 6.42 Å². The lowest BCUT2D eigenvalue weighted by Gasteiger charge is -2.32. The van der Waals surface area contributed by atoms with Crippen LogP contribution >= 0.6 is 11.3 Å². The molecule has 0 atom stereocenters. The number of rotatable bonds is 5. The third-order valence-corrected chi connectivity index (χ3v) is 6.88. The number of carbonyl (C=O) groups excluding carboxylic acids is 1. The van der Waals surface area contributed by atoms with Gasteiger partial charge in [-0.2, -0.15) is 0 Å². The zero-order chi connectivity index (χ0) is 20.2. The molecule has 3 heterocycles. The first-order valence-corrected chi connectivity index (χ1v) is 11.4. The van der Waals surface area contributed by atoms with Gasteiger partial charge in [0.05, 0.1) is 12.1 Å². The van der Waals surface area contributed by atoms with Crippen molar-refractivity contribution < 1.29 is 4.79 Å². The van der Waals surface area contributed by atoms with Gasteiger partial charge in [-0.05, 0) is 19.7 Å². The predicted octanol–water partition coefficient (Wildman–Crippen LogP) is 1.87. The maximum absolute atomic E-state index is 12.5. The molecule has 0 aliphatic carbocycles. The molecule has 2 fully saturated rings. The molecule has 0 bridgehead atoms. The molecule has 4 rings (SSSR count). The van der Waals surface area contributed by atoms with Crippen LogP contribution in [0.1, 0.15) is 11.3 Å². The van der Waals surface area contributed by atoms with Crippen molar-refractivity contribution in [3.05, 3.63) is 40.9 Å². The van der Waals surface area contributed by atoms with E-state index in [-0.39, 0.29) is 5.91 Å². The SMILES string of the molecule is CN1CCN(Cc2ccc(-c3nc(CC(=O)N4CCN(C)CC4)cs3)cc2)CC1. The summed E-state index contributed by atoms with van der Waals surface area (Å²) < 4.78 is 0. The topological polar surface area (TPSA) is 42.9 Å². The molecule has 1 aromatic carbocycles. The summed E-state index contributed by atoms with van der Waals surface area (Å²) in [5.41, 5.74) is 3.37. The average Bonchev–Trinajstić information content (AvgIpc) is 3.19. The highest BCUT2D eigenvalue weighted by atomic mass is 32.1. The van der Waals surface area contributed by atoms with Crippen molar-refractivity contribution in [2.45, 2.75) is 13.0 Å². The van der Waals surface area contributed by atoms with Crippen molar-refractivity contribution in [3.63, 3.8) is 0 Å². The lowest BCUT2D eigenvalue weighted by Crippen LogP contribution is -2.47. The number of hydrogen-bond acceptors (Lipinski definition) is 6. The number of likely N-dealkylation sites (N-methyl/N-ethyl adjacent to an activating group) is 2. The van der Waals surface area contributed by atoms with Crippen LogP contribution in [0.3, 0.4) is 0 Å². The Morgan fingerprint density at radius 1 is 0.931 bits per heavy atom. The molecule has 29 heavy (non-hydrogen) atoms. The molecular weight excluding hydrogens is 382 g/mol. The summed E-state index contributed by atoms with van der Waals surface area (Å²) in [6, 6.07) is 8.75. The summed E-state index contributed by atoms with van der Waals surface area (Å²) in [6.45, 7) is 9.12. The zero-order valence-corrected chi connectivity index (χ0v) is 18.3. The minimum absolute atomic E-state index is 0.192. The van der Waals surface area contributed by atoms with Crippen LogP contribution in [0.15, 0.2) is 29.6 Å². The van der Waals surface area contributed by atoms with Crippen molar-refractivity contribution in [2.75, 3.05) is 66.5 Å². The van der Waals surface area contributed by atoms with E-state index in [4.69, 9.17) is 4.98 Å². The summed E-state index contributed by atoms with van der Waals surface area (Å²) >= 11 is 1.63. The van der Waals surface area contributed by atoms with E-state index in [2.05, 4.69) is 53.1 Å². The molecule has 2 aliphatic heterocycles. The third-order valence-electron chi connectivity index (χ3n) is 5.94. The summed E-state index contributed by atoms with van der Waals surface area (Å²) in [5.74, 6) is 0.192. The van der Waals surface area contributed by atoms with Crippen molar-refractivity contribution in [2.24, 2.45) is 0 Å². The molecule has 156 valence electrons. The number of aromatic nitrogens is 1. The van der Waals surface area contributed by atoms with Crippen LogP contribution in [0.5, 0.6) is 0 Å². The number of hydrogen-bond donors (Lipinski definition) is 0. The Labute approximate surface area is 177 Å². The average molecular weight is 414 g/mol. The Balaban J connectivity index is 1.32. The fourth-order valence-electron chi connectivity index (χ4n) is 3.86. The summed E-state index contributed by atoms with van der Waals surface area (Å²) in [5, 5.41) is 3.03. The first-order valence-electron chi connectivity index (χ1n) is 10.5. The Hall–Kier alpha value is -1.80. The molecule has 0 spiro atoms. The van der Waals surface area contributed by atoms with Crippen molar-refractivity contribution in [3.8, 4) is 10.6 Å². The standard InChI is InChI=1S/C22H31N5OS/c1-24-7-11-26(12-8-24)16-18-3-5-19(6-4-18)22-23-20(17-29-22)15-21(28)27-13-9-25(2)10-14-27/h3-6,17H,7-16H2,1-2H3. The Kier molecular flexibility index (Phi) is 6.60. The Morgan fingerprint density at radius 2 is 1.55 bits per heavy atom. The molecule has 6 nitrogen and oxygen atoms in total. The Morgan fingerprint density at radius 3 is 2.21 bits per heavy atom. The molecular formula is C22H31N5OS. The maximum atomic E-state index is 12.5. The molecule has 1 amide bonds. The van der Waals surface area contributed by atoms with Crippen LogP contribution in [0.2, 0.25) is 0 Å². The molecule has 2 aliphatic rings. The molecule has 0 unspecified atom stereocenters. The van der Waals surface area contributed by atoms with Crippen LogP contribution in [-0.2, 0) is 17.8 Å². The van der Waals surface area contributed by atoms with Gasteiger partial charge in [0.15, 0.2) is 0 Å². The molecule has 2 saturated heterocycles. The zero-order valence-electron chi connectivity index (χ0n) is 17.5. The van der Waals surface area contributed by atoms with Gasteiger partial charge in [0.1, 0.15) is 5.01 Å². The van der Waals surface area contributed by atoms with E-state index < -0.39 is 0 Å². The van der Waals surface area contributed by atoms with Crippen LogP contribution in [0, 0.1) is 0 Å². The fraction of sp³-hybridized carbons (Fsp3) is 0.545. The molecule has 2 aromatic rings. The van der Waals surface area contributed by atoms with Crippen LogP contribution in [0.4, 0.5) is 0 Å². The summed E-state index contributed by atoms with van der Waals surface area (Å²) in [6.07, 6.45) is 0.404. The smallest absolute Gasteiger partial charge is 0.228 e. The van der Waals surface area contributed by atoms with E-state index >= 15 is 0 Å². The first-order chi connectivity index (χ1) is 14.1. The molecule has 0 radical (unpaired) electrons. The van der Waals surface area contributed by atoms with E-state index in [1.807, 2.05) is 10.3 Å². The van der Waals surface area contributed by atoms with Crippen LogP contribution < -0.4 is 0 Å². The first kappa shape index (κ1) is 20.5. The number of benzene rings is 1. The minimum atomic E-state index is 0.192. The quantitative estimate of drug-likeness (QED) is 0.749. The lowest BCUT2D eigenvalue weighted by atomic mass is 10.1. The van der Waals surface area contributed by atoms with E-state index in [9.17, 15) is 4.79 Å². The highest BCUT2D eigenvalue weighted by molar-refractivity contribution is 7.13. The van der Waals surface area contributed by atoms with Crippen LogP contribution in [0.25, 0.3) is 10.6 Å². The van der Waals surface area contributed by atoms with Gasteiger partial charge in [0.2, 0.25) is 5.91 Å². The van der Waals surface area contributed by atoms with Gasteiger partial charge in [0.25, 0.3) is 0 Å². The van der Waals surface area contributed by atoms with Gasteiger partial charge in [-0.1, -0.05) is 24.3 Å². The Bertz CT molecular complexity index is 805. The molecule has 1 aromatic heterocycles. The van der Waals surface area contributed by atoms with Gasteiger partial charge < -0.3 is 14.7 Å². The largest absolute Gasteiger partial charge is 0.340 e. The van der Waals surface area contributed by atoms with Crippen molar-refractivity contribution in [1.82, 2.24) is 24.6 Å². The molecule has 7 heteroatoms. The number of nitrogens with zero attached hydrogens (tertiary/aromatic N) is 5. The monoisotopic (exact) mass is 413 g/mol. The van der Waals surface area contributed by atoms with Crippen molar-refractivity contribution >= 4 is 17.2 Å². The number of piperazine rings is 2. The summed E-state index contributed by atoms with van der Waals surface area (Å²) in [7, 11) is 4.29. The van der Waals surface area contributed by atoms with Gasteiger partial charge in [-0.15, -0.1) is 11.3 Å². The fourth-order valence-corrected chi connectivity index (χ4v) is 4.69. The molecule has 0 saturated carbocycles. The maximum Gasteiger partial charge on any atom is 0.228 e. The van der Waals surface area contributed by atoms with Crippen LogP contribution in [-0.4, -0.2) is 96.9 Å². The van der Waals surface area contributed by atoms with Crippen molar-refractivity contribution in [1.29, 1.82) is 0 Å². The normalized spacial score (nSPS) is 19.6.